The number of carboxylic acids is 1. The third kappa shape index (κ3) is 4.47. The van der Waals surface area contributed by atoms with Crippen LogP contribution < -0.4 is 0 Å². The number of thiophene rings is 1. The van der Waals surface area contributed by atoms with Crippen molar-refractivity contribution in [3.05, 3.63) is 93.0 Å². The van der Waals surface area contributed by atoms with Gasteiger partial charge in [-0.25, -0.2) is 9.79 Å². The van der Waals surface area contributed by atoms with Gasteiger partial charge in [0.25, 0.3) is 5.91 Å². The van der Waals surface area contributed by atoms with Gasteiger partial charge in [-0.1, -0.05) is 30.3 Å². The van der Waals surface area contributed by atoms with Gasteiger partial charge in [-0.15, -0.1) is 0 Å². The molecule has 0 aliphatic carbocycles. The topological polar surface area (TPSA) is 70.0 Å². The Balaban J connectivity index is 1.66. The van der Waals surface area contributed by atoms with Crippen LogP contribution in [0, 0.1) is 0 Å². The third-order valence-electron chi connectivity index (χ3n) is 4.25. The van der Waals surface area contributed by atoms with Crippen molar-refractivity contribution in [2.75, 3.05) is 0 Å². The maximum atomic E-state index is 13.1. The van der Waals surface area contributed by atoms with Crippen molar-refractivity contribution in [3.8, 4) is 0 Å². The maximum absolute atomic E-state index is 13.1. The highest BCUT2D eigenvalue weighted by molar-refractivity contribution is 8.18. The van der Waals surface area contributed by atoms with Crippen LogP contribution in [0.4, 0.5) is 5.69 Å². The number of hydrogen-bond acceptors (Lipinski definition) is 5. The lowest BCUT2D eigenvalue weighted by molar-refractivity contribution is -0.122. The number of thioether (sulfide) groups is 1. The van der Waals surface area contributed by atoms with E-state index in [0.717, 1.165) is 16.8 Å². The van der Waals surface area contributed by atoms with Gasteiger partial charge in [-0.3, -0.25) is 9.69 Å². The van der Waals surface area contributed by atoms with Gasteiger partial charge < -0.3 is 5.11 Å². The Morgan fingerprint density at radius 2 is 1.83 bits per heavy atom. The second kappa shape index (κ2) is 8.46. The van der Waals surface area contributed by atoms with E-state index in [4.69, 9.17) is 5.11 Å². The summed E-state index contributed by atoms with van der Waals surface area (Å²) in [5.74, 6) is -1.09. The number of para-hydroxylation sites is 1. The van der Waals surface area contributed by atoms with Gasteiger partial charge in [0.05, 0.1) is 22.7 Å². The Kier molecular flexibility index (Phi) is 5.59. The fourth-order valence-corrected chi connectivity index (χ4v) is 4.40. The van der Waals surface area contributed by atoms with Gasteiger partial charge >= 0.3 is 5.97 Å². The molecule has 0 radical (unpaired) electrons. The van der Waals surface area contributed by atoms with Crippen LogP contribution in [0.25, 0.3) is 6.08 Å². The number of nitrogens with zero attached hydrogens (tertiary/aromatic N) is 2. The van der Waals surface area contributed by atoms with Gasteiger partial charge in [-0.05, 0) is 70.1 Å². The molecule has 0 unspecified atom stereocenters. The van der Waals surface area contributed by atoms with Crippen LogP contribution in [0.2, 0.25) is 0 Å². The van der Waals surface area contributed by atoms with Crippen molar-refractivity contribution in [2.24, 2.45) is 4.99 Å². The van der Waals surface area contributed by atoms with Crippen molar-refractivity contribution in [1.29, 1.82) is 0 Å². The molecule has 0 spiro atoms. The molecule has 2 heterocycles. The van der Waals surface area contributed by atoms with E-state index in [0.29, 0.717) is 16.6 Å². The smallest absolute Gasteiger partial charge is 0.335 e. The van der Waals surface area contributed by atoms with Crippen LogP contribution in [-0.2, 0) is 11.3 Å². The molecule has 144 valence electrons. The molecule has 1 saturated heterocycles. The number of benzene rings is 2. The van der Waals surface area contributed by atoms with Gasteiger partial charge in [0, 0.05) is 0 Å². The number of aromatic carboxylic acids is 1. The van der Waals surface area contributed by atoms with E-state index in [1.54, 1.807) is 40.5 Å². The molecule has 1 aromatic heterocycles. The quantitative estimate of drug-likeness (QED) is 0.572. The summed E-state index contributed by atoms with van der Waals surface area (Å²) < 4.78 is 0. The summed E-state index contributed by atoms with van der Waals surface area (Å²) in [6, 6.07) is 18.0. The average molecular weight is 421 g/mol. The lowest BCUT2D eigenvalue weighted by Crippen LogP contribution is -2.28. The first kappa shape index (κ1) is 19.2. The zero-order chi connectivity index (χ0) is 20.2. The van der Waals surface area contributed by atoms with Crippen molar-refractivity contribution < 1.29 is 14.7 Å². The number of rotatable bonds is 5. The minimum atomic E-state index is -0.975. The molecule has 1 amide bonds. The first-order valence-corrected chi connectivity index (χ1v) is 10.6. The summed E-state index contributed by atoms with van der Waals surface area (Å²) in [5.41, 5.74) is 2.80. The summed E-state index contributed by atoms with van der Waals surface area (Å²) in [6.07, 6.45) is 1.87. The van der Waals surface area contributed by atoms with Gasteiger partial charge in [0.1, 0.15) is 0 Å². The molecule has 0 atom stereocenters. The predicted octanol–water partition coefficient (Wildman–Crippen LogP) is 5.25. The Hall–Kier alpha value is -3.16. The fourth-order valence-electron chi connectivity index (χ4n) is 2.79. The van der Waals surface area contributed by atoms with E-state index in [2.05, 4.69) is 4.99 Å². The predicted molar refractivity (Wildman–Crippen MR) is 117 cm³/mol. The van der Waals surface area contributed by atoms with E-state index in [1.807, 2.05) is 53.2 Å². The highest BCUT2D eigenvalue weighted by atomic mass is 32.2. The minimum absolute atomic E-state index is 0.113. The molecular formula is C22H16N2O3S2. The van der Waals surface area contributed by atoms with Crippen LogP contribution in [0.5, 0.6) is 0 Å². The third-order valence-corrected chi connectivity index (χ3v) is 5.96. The summed E-state index contributed by atoms with van der Waals surface area (Å²) >= 11 is 2.92. The summed E-state index contributed by atoms with van der Waals surface area (Å²) in [6.45, 7) is 0.318. The van der Waals surface area contributed by atoms with Crippen LogP contribution in [-0.4, -0.2) is 27.1 Å². The first-order chi connectivity index (χ1) is 14.1. The second-order valence-electron chi connectivity index (χ2n) is 6.29. The molecule has 4 rings (SSSR count). The zero-order valence-corrected chi connectivity index (χ0v) is 16.8. The maximum Gasteiger partial charge on any atom is 0.335 e. The molecule has 29 heavy (non-hydrogen) atoms. The molecule has 1 aliphatic heterocycles. The Bertz CT molecular complexity index is 1090. The lowest BCUT2D eigenvalue weighted by Gasteiger charge is -2.16. The van der Waals surface area contributed by atoms with Crippen molar-refractivity contribution in [3.63, 3.8) is 0 Å². The molecule has 1 N–H and O–H groups in total. The van der Waals surface area contributed by atoms with Crippen LogP contribution in [0.1, 0.15) is 21.5 Å². The molecular weight excluding hydrogens is 404 g/mol. The minimum Gasteiger partial charge on any atom is -0.478 e. The summed E-state index contributed by atoms with van der Waals surface area (Å²) in [5, 5.41) is 13.6. The Morgan fingerprint density at radius 3 is 2.48 bits per heavy atom. The largest absolute Gasteiger partial charge is 0.478 e. The van der Waals surface area contributed by atoms with Crippen molar-refractivity contribution in [1.82, 2.24) is 4.90 Å². The van der Waals surface area contributed by atoms with E-state index in [9.17, 15) is 9.59 Å². The normalized spacial score (nSPS) is 16.7. The molecule has 1 aliphatic rings. The lowest BCUT2D eigenvalue weighted by atomic mass is 10.1. The average Bonchev–Trinajstić information content (AvgIpc) is 3.33. The number of amides is 1. The number of aliphatic imine (C=N–C) groups is 1. The Morgan fingerprint density at radius 1 is 1.07 bits per heavy atom. The SMILES string of the molecule is O=C(O)c1ccc(CN2C(=O)/C(=C\c3ccsc3)SC2=Nc2ccccc2)cc1. The van der Waals surface area contributed by atoms with E-state index < -0.39 is 5.97 Å². The van der Waals surface area contributed by atoms with Crippen molar-refractivity contribution >= 4 is 51.9 Å². The monoisotopic (exact) mass is 420 g/mol. The zero-order valence-electron chi connectivity index (χ0n) is 15.2. The van der Waals surface area contributed by atoms with Crippen LogP contribution in [0.3, 0.4) is 0 Å². The first-order valence-electron chi connectivity index (χ1n) is 8.80. The van der Waals surface area contributed by atoms with Gasteiger partial charge in [-0.2, -0.15) is 11.3 Å². The van der Waals surface area contributed by atoms with Crippen LogP contribution in [0.15, 0.2) is 81.3 Å². The Labute approximate surface area is 176 Å². The van der Waals surface area contributed by atoms with Crippen molar-refractivity contribution in [2.45, 2.75) is 6.54 Å². The number of carboxylic acid groups (broad SMARTS) is 1. The fraction of sp³-hybridized carbons (Fsp3) is 0.0455. The van der Waals surface area contributed by atoms with E-state index in [1.165, 1.54) is 11.8 Å². The highest BCUT2D eigenvalue weighted by Gasteiger charge is 2.33. The number of hydrogen-bond donors (Lipinski definition) is 1. The highest BCUT2D eigenvalue weighted by Crippen LogP contribution is 2.35. The number of amidine groups is 1. The standard InChI is InChI=1S/C22H16N2O3S2/c25-20-19(12-16-10-11-28-14-16)29-22(23-18-4-2-1-3-5-18)24(20)13-15-6-8-17(9-7-15)21(26)27/h1-12,14H,13H2,(H,26,27)/b19-12+,23-22?. The second-order valence-corrected chi connectivity index (χ2v) is 8.08. The number of carbonyl (C=O) groups is 2. The number of carbonyl (C=O) groups excluding carboxylic acids is 1. The molecule has 3 aromatic rings. The molecule has 0 bridgehead atoms. The van der Waals surface area contributed by atoms with Crippen LogP contribution >= 0.6 is 23.1 Å². The van der Waals surface area contributed by atoms with Gasteiger partial charge in [0.15, 0.2) is 5.17 Å². The molecule has 2 aromatic carbocycles. The molecule has 5 nitrogen and oxygen atoms in total. The van der Waals surface area contributed by atoms with E-state index >= 15 is 0 Å². The molecule has 0 saturated carbocycles. The molecule has 7 heteroatoms. The van der Waals surface area contributed by atoms with Gasteiger partial charge in [0.2, 0.25) is 0 Å². The van der Waals surface area contributed by atoms with E-state index in [-0.39, 0.29) is 11.5 Å². The molecule has 1 fully saturated rings. The summed E-state index contributed by atoms with van der Waals surface area (Å²) in [7, 11) is 0. The summed E-state index contributed by atoms with van der Waals surface area (Å²) in [4.78, 5) is 31.0.